The maximum atomic E-state index is 7.02. The molecule has 0 spiro atoms. The molecule has 270 valence electrons. The van der Waals surface area contributed by atoms with Crippen molar-refractivity contribution >= 4 is 0 Å². The van der Waals surface area contributed by atoms with Gasteiger partial charge >= 0.3 is 0 Å². The van der Waals surface area contributed by atoms with Crippen LogP contribution in [0.4, 0.5) is 0 Å². The predicted octanol–water partition coefficient (Wildman–Crippen LogP) is 9.59. The Kier molecular flexibility index (Phi) is 12.6. The van der Waals surface area contributed by atoms with Gasteiger partial charge in [0, 0.05) is 6.54 Å². The van der Waals surface area contributed by atoms with Gasteiger partial charge in [0.2, 0.25) is 0 Å². The van der Waals surface area contributed by atoms with Crippen molar-refractivity contribution in [2.75, 3.05) is 13.7 Å². The van der Waals surface area contributed by atoms with Crippen LogP contribution in [-0.2, 0) is 47.2 Å². The highest BCUT2D eigenvalue weighted by atomic mass is 16.5. The van der Waals surface area contributed by atoms with Crippen molar-refractivity contribution in [3.8, 4) is 11.5 Å². The minimum atomic E-state index is -0.307. The van der Waals surface area contributed by atoms with Gasteiger partial charge in [-0.25, -0.2) is 0 Å². The first-order valence-corrected chi connectivity index (χ1v) is 18.3. The van der Waals surface area contributed by atoms with Crippen LogP contribution in [0.1, 0.15) is 39.4 Å². The third kappa shape index (κ3) is 9.80. The Bertz CT molecular complexity index is 1920. The van der Waals surface area contributed by atoms with E-state index in [0.29, 0.717) is 39.6 Å². The zero-order valence-corrected chi connectivity index (χ0v) is 30.2. The largest absolute Gasteiger partial charge is 0.497 e. The van der Waals surface area contributed by atoms with Crippen molar-refractivity contribution in [1.29, 1.82) is 0 Å². The number of benzene rings is 6. The number of ether oxygens (including phenoxy) is 5. The van der Waals surface area contributed by atoms with Gasteiger partial charge in [0.1, 0.15) is 30.3 Å². The van der Waals surface area contributed by atoms with E-state index in [1.807, 2.05) is 60.7 Å². The van der Waals surface area contributed by atoms with E-state index in [2.05, 4.69) is 114 Å². The summed E-state index contributed by atoms with van der Waals surface area (Å²) in [6, 6.07) is 57.8. The fourth-order valence-electron chi connectivity index (χ4n) is 7.01. The monoisotopic (exact) mass is 705 g/mol. The van der Waals surface area contributed by atoms with Crippen molar-refractivity contribution < 1.29 is 23.7 Å². The topological polar surface area (TPSA) is 49.4 Å². The second-order valence-electron chi connectivity index (χ2n) is 13.4. The van der Waals surface area contributed by atoms with Gasteiger partial charge < -0.3 is 23.7 Å². The molecule has 53 heavy (non-hydrogen) atoms. The lowest BCUT2D eigenvalue weighted by atomic mass is 9.99. The molecule has 0 saturated carbocycles. The Balaban J connectivity index is 1.24. The summed E-state index contributed by atoms with van der Waals surface area (Å²) in [5.74, 6) is 1.65. The first kappa shape index (κ1) is 36.1. The van der Waals surface area contributed by atoms with E-state index in [0.717, 1.165) is 44.9 Å². The van der Waals surface area contributed by atoms with Crippen molar-refractivity contribution in [1.82, 2.24) is 4.90 Å². The van der Waals surface area contributed by atoms with Gasteiger partial charge in [0.25, 0.3) is 0 Å². The average Bonchev–Trinajstić information content (AvgIpc) is 3.51. The number of likely N-dealkylation sites (tertiary alicyclic amines) is 1. The molecule has 0 amide bonds. The van der Waals surface area contributed by atoms with Gasteiger partial charge in [0.15, 0.2) is 0 Å². The maximum Gasteiger partial charge on any atom is 0.119 e. The molecule has 0 aromatic heterocycles. The van der Waals surface area contributed by atoms with Crippen LogP contribution < -0.4 is 9.47 Å². The van der Waals surface area contributed by atoms with E-state index >= 15 is 0 Å². The highest BCUT2D eigenvalue weighted by Crippen LogP contribution is 2.43. The lowest BCUT2D eigenvalue weighted by Crippen LogP contribution is -2.41. The van der Waals surface area contributed by atoms with E-state index in [9.17, 15) is 0 Å². The SMILES string of the molecule is COc1ccc(CN2[C@H](COCc3ccccc3)[C@@H](OCc3ccccc3)[C@H](OCc3ccccc3)[C@H]2c2ccc(OCc3ccccc3)cc2)cc1. The smallest absolute Gasteiger partial charge is 0.119 e. The van der Waals surface area contributed by atoms with Gasteiger partial charge in [-0.2, -0.15) is 0 Å². The minimum absolute atomic E-state index is 0.121. The van der Waals surface area contributed by atoms with Crippen LogP contribution in [0.3, 0.4) is 0 Å². The summed E-state index contributed by atoms with van der Waals surface area (Å²) in [5, 5.41) is 0. The van der Waals surface area contributed by atoms with Crippen LogP contribution in [0.5, 0.6) is 11.5 Å². The Hall–Kier alpha value is -5.24. The van der Waals surface area contributed by atoms with E-state index in [1.54, 1.807) is 7.11 Å². The lowest BCUT2D eigenvalue weighted by Gasteiger charge is -2.32. The molecule has 6 aromatic carbocycles. The summed E-state index contributed by atoms with van der Waals surface area (Å²) < 4.78 is 32.3. The molecule has 0 unspecified atom stereocenters. The molecule has 6 nitrogen and oxygen atoms in total. The van der Waals surface area contributed by atoms with E-state index in [4.69, 9.17) is 23.7 Å². The van der Waals surface area contributed by atoms with Gasteiger partial charge in [-0.05, 0) is 57.6 Å². The van der Waals surface area contributed by atoms with Gasteiger partial charge in [-0.1, -0.05) is 146 Å². The summed E-state index contributed by atoms with van der Waals surface area (Å²) in [6.45, 7) is 3.06. The predicted molar refractivity (Wildman–Crippen MR) is 208 cm³/mol. The van der Waals surface area contributed by atoms with Crippen LogP contribution in [0.15, 0.2) is 170 Å². The summed E-state index contributed by atoms with van der Waals surface area (Å²) in [5.41, 5.74) is 6.78. The Morgan fingerprint density at radius 1 is 0.453 bits per heavy atom. The second kappa shape index (κ2) is 18.5. The summed E-state index contributed by atoms with van der Waals surface area (Å²) in [4.78, 5) is 2.51. The zero-order valence-electron chi connectivity index (χ0n) is 30.2. The molecular formula is C47H47NO5. The van der Waals surface area contributed by atoms with Gasteiger partial charge in [0.05, 0.1) is 45.6 Å². The fraction of sp³-hybridized carbons (Fsp3) is 0.234. The third-order valence-electron chi connectivity index (χ3n) is 9.76. The zero-order chi connectivity index (χ0) is 36.1. The lowest BCUT2D eigenvalue weighted by molar-refractivity contribution is -0.0868. The molecule has 0 N–H and O–H groups in total. The number of hydrogen-bond donors (Lipinski definition) is 0. The maximum absolute atomic E-state index is 7.02. The van der Waals surface area contributed by atoms with E-state index in [-0.39, 0.29) is 24.3 Å². The molecule has 1 heterocycles. The van der Waals surface area contributed by atoms with Crippen molar-refractivity contribution in [2.45, 2.75) is 57.3 Å². The molecule has 0 aliphatic carbocycles. The normalized spacial score (nSPS) is 18.5. The summed E-state index contributed by atoms with van der Waals surface area (Å²) >= 11 is 0. The molecule has 1 saturated heterocycles. The number of rotatable bonds is 17. The minimum Gasteiger partial charge on any atom is -0.497 e. The van der Waals surface area contributed by atoms with Gasteiger partial charge in [-0.3, -0.25) is 4.90 Å². The third-order valence-corrected chi connectivity index (χ3v) is 9.76. The molecule has 7 rings (SSSR count). The highest BCUT2D eigenvalue weighted by Gasteiger charge is 2.51. The molecule has 4 atom stereocenters. The quantitative estimate of drug-likeness (QED) is 0.0943. The first-order chi connectivity index (χ1) is 26.2. The number of hydrogen-bond acceptors (Lipinski definition) is 6. The number of methoxy groups -OCH3 is 1. The second-order valence-corrected chi connectivity index (χ2v) is 13.4. The van der Waals surface area contributed by atoms with Crippen LogP contribution >= 0.6 is 0 Å². The first-order valence-electron chi connectivity index (χ1n) is 18.3. The average molecular weight is 706 g/mol. The summed E-state index contributed by atoms with van der Waals surface area (Å²) in [6.07, 6.45) is -0.606. The fourth-order valence-corrected chi connectivity index (χ4v) is 7.01. The molecule has 0 bridgehead atoms. The van der Waals surface area contributed by atoms with Crippen molar-refractivity contribution in [3.63, 3.8) is 0 Å². The van der Waals surface area contributed by atoms with Crippen molar-refractivity contribution in [3.05, 3.63) is 203 Å². The molecule has 1 aliphatic rings. The van der Waals surface area contributed by atoms with Crippen LogP contribution in [0.25, 0.3) is 0 Å². The molecule has 1 aliphatic heterocycles. The Labute approximate surface area is 313 Å². The molecule has 1 fully saturated rings. The Morgan fingerprint density at radius 2 is 0.925 bits per heavy atom. The number of nitrogens with zero attached hydrogens (tertiary/aromatic N) is 1. The van der Waals surface area contributed by atoms with E-state index < -0.39 is 0 Å². The highest BCUT2D eigenvalue weighted by molar-refractivity contribution is 5.33. The van der Waals surface area contributed by atoms with Crippen LogP contribution in [-0.4, -0.2) is 36.9 Å². The molecule has 6 aromatic rings. The van der Waals surface area contributed by atoms with Crippen LogP contribution in [0, 0.1) is 0 Å². The molecule has 0 radical (unpaired) electrons. The van der Waals surface area contributed by atoms with Crippen molar-refractivity contribution in [2.24, 2.45) is 0 Å². The van der Waals surface area contributed by atoms with Gasteiger partial charge in [-0.15, -0.1) is 0 Å². The summed E-state index contributed by atoms with van der Waals surface area (Å²) in [7, 11) is 1.70. The van der Waals surface area contributed by atoms with E-state index in [1.165, 1.54) is 0 Å². The standard InChI is InChI=1S/C47H47NO5/c1-49-42-26-22-36(23-27-42)30-48-44(35-50-31-37-14-6-2-7-15-37)46(52-33-39-18-10-4-11-19-39)47(53-34-40-20-12-5-13-21-40)45(48)41-24-28-43(29-25-41)51-32-38-16-8-3-9-17-38/h2-29,44-47H,30-35H2,1H3/t44-,45-,46-,47-/m1/s1. The van der Waals surface area contributed by atoms with Crippen LogP contribution in [0.2, 0.25) is 0 Å². The molecule has 6 heteroatoms. The Morgan fingerprint density at radius 3 is 1.45 bits per heavy atom. The molecular weight excluding hydrogens is 659 g/mol.